The maximum atomic E-state index is 10.1. The van der Waals surface area contributed by atoms with Crippen LogP contribution < -0.4 is 4.90 Å². The van der Waals surface area contributed by atoms with Gasteiger partial charge in [-0.1, -0.05) is 37.3 Å². The van der Waals surface area contributed by atoms with Gasteiger partial charge in [0.2, 0.25) is 0 Å². The minimum atomic E-state index is -0.0320. The van der Waals surface area contributed by atoms with Gasteiger partial charge >= 0.3 is 0 Å². The molecule has 2 aromatic heterocycles. The number of benzene rings is 1. The van der Waals surface area contributed by atoms with Gasteiger partial charge in [-0.25, -0.2) is 9.97 Å². The summed E-state index contributed by atoms with van der Waals surface area (Å²) in [6.07, 6.45) is 7.52. The molecule has 3 aromatic rings. The van der Waals surface area contributed by atoms with Crippen molar-refractivity contribution >= 4 is 16.9 Å². The first kappa shape index (κ1) is 17.0. The summed E-state index contributed by atoms with van der Waals surface area (Å²) in [6, 6.07) is 10.5. The van der Waals surface area contributed by atoms with Crippen LogP contribution in [0.1, 0.15) is 30.9 Å². The lowest BCUT2D eigenvalue weighted by Gasteiger charge is -2.41. The van der Waals surface area contributed by atoms with Crippen LogP contribution in [0.25, 0.3) is 11.0 Å². The minimum absolute atomic E-state index is 0.0320. The second-order valence-electron chi connectivity index (χ2n) is 7.40. The average Bonchev–Trinajstić information content (AvgIpc) is 3.13. The van der Waals surface area contributed by atoms with Crippen LogP contribution in [0.3, 0.4) is 0 Å². The van der Waals surface area contributed by atoms with Gasteiger partial charge in [-0.15, -0.1) is 0 Å². The molecular formula is C21H26N4O. The summed E-state index contributed by atoms with van der Waals surface area (Å²) in [6.45, 7) is 4.22. The van der Waals surface area contributed by atoms with E-state index in [0.29, 0.717) is 0 Å². The zero-order valence-corrected chi connectivity index (χ0v) is 15.3. The maximum absolute atomic E-state index is 10.1. The molecule has 3 heterocycles. The number of hydrogen-bond acceptors (Lipinski definition) is 4. The number of aromatic nitrogens is 3. The number of rotatable bonds is 5. The lowest BCUT2D eigenvalue weighted by molar-refractivity contribution is 0.0962. The Morgan fingerprint density at radius 1 is 1.15 bits per heavy atom. The van der Waals surface area contributed by atoms with Gasteiger partial charge in [-0.3, -0.25) is 0 Å². The molecule has 0 amide bonds. The van der Waals surface area contributed by atoms with Crippen molar-refractivity contribution in [3.8, 4) is 0 Å². The Kier molecular flexibility index (Phi) is 4.64. The van der Waals surface area contributed by atoms with Gasteiger partial charge in [0.15, 0.2) is 0 Å². The third kappa shape index (κ3) is 3.07. The van der Waals surface area contributed by atoms with Crippen LogP contribution in [0.15, 0.2) is 42.9 Å². The highest BCUT2D eigenvalue weighted by atomic mass is 16.3. The molecule has 0 saturated carbocycles. The van der Waals surface area contributed by atoms with E-state index in [9.17, 15) is 5.11 Å². The van der Waals surface area contributed by atoms with Crippen LogP contribution >= 0.6 is 0 Å². The predicted molar refractivity (Wildman–Crippen MR) is 104 cm³/mol. The molecule has 1 fully saturated rings. The molecule has 0 unspecified atom stereocenters. The molecule has 1 aliphatic heterocycles. The summed E-state index contributed by atoms with van der Waals surface area (Å²) >= 11 is 0. The number of fused-ring (bicyclic) bond motifs is 1. The molecule has 0 radical (unpaired) electrons. The van der Waals surface area contributed by atoms with E-state index in [1.165, 1.54) is 11.1 Å². The highest BCUT2D eigenvalue weighted by molar-refractivity contribution is 5.90. The van der Waals surface area contributed by atoms with Crippen molar-refractivity contribution in [2.24, 2.45) is 5.41 Å². The van der Waals surface area contributed by atoms with E-state index in [4.69, 9.17) is 0 Å². The topological polar surface area (TPSA) is 65.0 Å². The fourth-order valence-corrected chi connectivity index (χ4v) is 4.14. The Bertz CT molecular complexity index is 866. The second-order valence-corrected chi connectivity index (χ2v) is 7.40. The summed E-state index contributed by atoms with van der Waals surface area (Å²) in [5, 5.41) is 11.3. The second kappa shape index (κ2) is 7.08. The van der Waals surface area contributed by atoms with Crippen molar-refractivity contribution in [1.82, 2.24) is 15.0 Å². The van der Waals surface area contributed by atoms with E-state index in [1.807, 2.05) is 12.3 Å². The zero-order chi connectivity index (χ0) is 18.0. The van der Waals surface area contributed by atoms with Gasteiger partial charge < -0.3 is 15.0 Å². The number of aliphatic hydroxyl groups excluding tert-OH is 1. The quantitative estimate of drug-likeness (QED) is 0.741. The van der Waals surface area contributed by atoms with Gasteiger partial charge in [0, 0.05) is 31.3 Å². The summed E-state index contributed by atoms with van der Waals surface area (Å²) in [5.74, 6) is 1.03. The minimum Gasteiger partial charge on any atom is -0.396 e. The van der Waals surface area contributed by atoms with Gasteiger partial charge in [-0.2, -0.15) is 0 Å². The Morgan fingerprint density at radius 2 is 1.92 bits per heavy atom. The van der Waals surface area contributed by atoms with E-state index >= 15 is 0 Å². The number of aliphatic hydroxyl groups is 1. The zero-order valence-electron chi connectivity index (χ0n) is 15.3. The number of anilines is 1. The Morgan fingerprint density at radius 3 is 2.62 bits per heavy atom. The molecule has 136 valence electrons. The SMILES string of the molecule is CCc1c[nH]c2ncnc(N3CCC(CO)(Cc4ccccc4)CC3)c12. The predicted octanol–water partition coefficient (Wildman–Crippen LogP) is 3.34. The highest BCUT2D eigenvalue weighted by Gasteiger charge is 2.35. The summed E-state index contributed by atoms with van der Waals surface area (Å²) < 4.78 is 0. The van der Waals surface area contributed by atoms with E-state index in [2.05, 4.69) is 51.0 Å². The fourth-order valence-electron chi connectivity index (χ4n) is 4.14. The molecule has 0 bridgehead atoms. The summed E-state index contributed by atoms with van der Waals surface area (Å²) in [7, 11) is 0. The van der Waals surface area contributed by atoms with Crippen LogP contribution in [-0.4, -0.2) is 39.8 Å². The molecule has 0 aliphatic carbocycles. The number of H-pyrrole nitrogens is 1. The smallest absolute Gasteiger partial charge is 0.143 e. The molecule has 0 atom stereocenters. The average molecular weight is 350 g/mol. The molecule has 1 aromatic carbocycles. The molecule has 26 heavy (non-hydrogen) atoms. The lowest BCUT2D eigenvalue weighted by Crippen LogP contribution is -2.43. The molecule has 0 spiro atoms. The summed E-state index contributed by atoms with van der Waals surface area (Å²) in [5.41, 5.74) is 3.45. The molecule has 1 aliphatic rings. The monoisotopic (exact) mass is 350 g/mol. The van der Waals surface area contributed by atoms with Gasteiger partial charge in [-0.05, 0) is 36.8 Å². The Hall–Kier alpha value is -2.40. The van der Waals surface area contributed by atoms with E-state index in [-0.39, 0.29) is 12.0 Å². The van der Waals surface area contributed by atoms with Gasteiger partial charge in [0.1, 0.15) is 17.8 Å². The van der Waals surface area contributed by atoms with E-state index in [0.717, 1.165) is 55.6 Å². The fraction of sp³-hybridized carbons (Fsp3) is 0.429. The van der Waals surface area contributed by atoms with Crippen molar-refractivity contribution in [2.45, 2.75) is 32.6 Å². The first-order valence-electron chi connectivity index (χ1n) is 9.45. The molecule has 2 N–H and O–H groups in total. The van der Waals surface area contributed by atoms with Crippen LogP contribution in [0.5, 0.6) is 0 Å². The Labute approximate surface area is 154 Å². The standard InChI is InChI=1S/C21H26N4O/c1-2-17-13-22-19-18(17)20(24-15-23-19)25-10-8-21(14-26,9-11-25)12-16-6-4-3-5-7-16/h3-7,13,15,26H,2,8-12,14H2,1H3,(H,22,23,24). The molecule has 1 saturated heterocycles. The largest absolute Gasteiger partial charge is 0.396 e. The van der Waals surface area contributed by atoms with Crippen molar-refractivity contribution in [3.63, 3.8) is 0 Å². The van der Waals surface area contributed by atoms with Crippen molar-refractivity contribution in [2.75, 3.05) is 24.6 Å². The van der Waals surface area contributed by atoms with E-state index in [1.54, 1.807) is 6.33 Å². The maximum Gasteiger partial charge on any atom is 0.143 e. The Balaban J connectivity index is 1.55. The first-order chi connectivity index (χ1) is 12.7. The molecule has 5 heteroatoms. The molecule has 5 nitrogen and oxygen atoms in total. The number of aromatic amines is 1. The van der Waals surface area contributed by atoms with Crippen molar-refractivity contribution in [1.29, 1.82) is 0 Å². The van der Waals surface area contributed by atoms with Crippen LogP contribution in [0, 0.1) is 5.41 Å². The lowest BCUT2D eigenvalue weighted by atomic mass is 9.74. The van der Waals surface area contributed by atoms with Gasteiger partial charge in [0.25, 0.3) is 0 Å². The van der Waals surface area contributed by atoms with Gasteiger partial charge in [0.05, 0.1) is 5.39 Å². The van der Waals surface area contributed by atoms with Crippen LogP contribution in [0.2, 0.25) is 0 Å². The molecular weight excluding hydrogens is 324 g/mol. The number of piperidine rings is 1. The van der Waals surface area contributed by atoms with Crippen molar-refractivity contribution in [3.05, 3.63) is 54.0 Å². The van der Waals surface area contributed by atoms with Crippen LogP contribution in [-0.2, 0) is 12.8 Å². The third-order valence-corrected chi connectivity index (χ3v) is 5.79. The highest BCUT2D eigenvalue weighted by Crippen LogP contribution is 2.37. The van der Waals surface area contributed by atoms with Crippen LogP contribution in [0.4, 0.5) is 5.82 Å². The number of nitrogens with one attached hydrogen (secondary N) is 1. The van der Waals surface area contributed by atoms with Crippen molar-refractivity contribution < 1.29 is 5.11 Å². The number of hydrogen-bond donors (Lipinski definition) is 2. The summed E-state index contributed by atoms with van der Waals surface area (Å²) in [4.78, 5) is 14.6. The number of aryl methyl sites for hydroxylation is 1. The number of nitrogens with zero attached hydrogens (tertiary/aromatic N) is 3. The first-order valence-corrected chi connectivity index (χ1v) is 9.45. The molecule has 4 rings (SSSR count). The van der Waals surface area contributed by atoms with E-state index < -0.39 is 0 Å². The third-order valence-electron chi connectivity index (χ3n) is 5.79. The normalized spacial score (nSPS) is 16.9.